The van der Waals surface area contributed by atoms with Crippen LogP contribution < -0.4 is 22.3 Å². The second-order valence-electron chi connectivity index (χ2n) is 7.67. The van der Waals surface area contributed by atoms with Gasteiger partial charge in [-0.2, -0.15) is 0 Å². The van der Waals surface area contributed by atoms with E-state index in [0.29, 0.717) is 25.9 Å². The van der Waals surface area contributed by atoms with Gasteiger partial charge in [0.1, 0.15) is 11.4 Å². The second kappa shape index (κ2) is 8.66. The van der Waals surface area contributed by atoms with Gasteiger partial charge in [0.15, 0.2) is 5.78 Å². The molecule has 2 aromatic rings. The number of carbonyl (C=O) groups excluding carboxylic acids is 2. The molecule has 3 N–H and O–H groups in total. The van der Waals surface area contributed by atoms with Crippen molar-refractivity contribution in [3.8, 4) is 0 Å². The van der Waals surface area contributed by atoms with Crippen molar-refractivity contribution in [1.82, 2.24) is 14.0 Å². The molecule has 1 aliphatic heterocycles. The fourth-order valence-electron chi connectivity index (χ4n) is 3.78. The topological polar surface area (TPSA) is 119 Å². The highest BCUT2D eigenvalue weighted by atomic mass is 16.2. The summed E-state index contributed by atoms with van der Waals surface area (Å²) >= 11 is 0. The van der Waals surface area contributed by atoms with E-state index < -0.39 is 23.1 Å². The number of amides is 1. The van der Waals surface area contributed by atoms with Gasteiger partial charge in [-0.15, -0.1) is 0 Å². The molecule has 2 heterocycles. The van der Waals surface area contributed by atoms with Crippen LogP contribution in [0.5, 0.6) is 0 Å². The molecule has 0 spiro atoms. The largest absolute Gasteiger partial charge is 0.384 e. The van der Waals surface area contributed by atoms with E-state index in [4.69, 9.17) is 5.73 Å². The van der Waals surface area contributed by atoms with Crippen LogP contribution >= 0.6 is 0 Å². The van der Waals surface area contributed by atoms with Crippen LogP contribution in [-0.4, -0.2) is 44.9 Å². The number of para-hydroxylation sites is 1. The summed E-state index contributed by atoms with van der Waals surface area (Å²) in [4.78, 5) is 51.9. The highest BCUT2D eigenvalue weighted by Gasteiger charge is 2.32. The number of rotatable bonds is 5. The number of nitrogens with one attached hydrogen (secondary N) is 1. The van der Waals surface area contributed by atoms with Crippen molar-refractivity contribution in [3.63, 3.8) is 0 Å². The van der Waals surface area contributed by atoms with Gasteiger partial charge in [-0.3, -0.25) is 28.4 Å². The Hall–Kier alpha value is -3.20. The van der Waals surface area contributed by atoms with Gasteiger partial charge >= 0.3 is 5.69 Å². The van der Waals surface area contributed by atoms with Crippen molar-refractivity contribution in [2.75, 3.05) is 24.1 Å². The van der Waals surface area contributed by atoms with E-state index in [1.807, 2.05) is 35.2 Å². The van der Waals surface area contributed by atoms with E-state index in [1.54, 1.807) is 6.92 Å². The van der Waals surface area contributed by atoms with Gasteiger partial charge < -0.3 is 11.1 Å². The number of nitrogens with zero attached hydrogens (tertiary/aromatic N) is 3. The van der Waals surface area contributed by atoms with Crippen molar-refractivity contribution in [2.45, 2.75) is 25.8 Å². The second-order valence-corrected chi connectivity index (χ2v) is 7.67. The molecule has 1 aliphatic rings. The lowest BCUT2D eigenvalue weighted by molar-refractivity contribution is -0.121. The Labute approximate surface area is 174 Å². The first kappa shape index (κ1) is 21.5. The summed E-state index contributed by atoms with van der Waals surface area (Å²) in [5.74, 6) is -0.719. The SMILES string of the molecule is CC(C(=O)c1c(N)n(C)c(=O)n(C)c1=O)N1CCC(C(=O)Nc2ccccc2)CC1. The van der Waals surface area contributed by atoms with E-state index in [1.165, 1.54) is 14.1 Å². The number of nitrogens with two attached hydrogens (primary N) is 1. The Balaban J connectivity index is 1.68. The predicted molar refractivity (Wildman–Crippen MR) is 114 cm³/mol. The molecule has 1 saturated heterocycles. The number of likely N-dealkylation sites (tertiary alicyclic amines) is 1. The minimum atomic E-state index is -0.690. The number of aromatic nitrogens is 2. The monoisotopic (exact) mass is 413 g/mol. The Morgan fingerprint density at radius 3 is 2.27 bits per heavy atom. The molecular formula is C21H27N5O4. The summed E-state index contributed by atoms with van der Waals surface area (Å²) < 4.78 is 1.98. The summed E-state index contributed by atoms with van der Waals surface area (Å²) in [6.07, 6.45) is 1.22. The fourth-order valence-corrected chi connectivity index (χ4v) is 3.78. The molecule has 1 aromatic carbocycles. The summed E-state index contributed by atoms with van der Waals surface area (Å²) in [7, 11) is 2.75. The number of ketones is 1. The Morgan fingerprint density at radius 1 is 1.07 bits per heavy atom. The minimum absolute atomic E-state index is 0.0315. The summed E-state index contributed by atoms with van der Waals surface area (Å²) in [5.41, 5.74) is 5.24. The van der Waals surface area contributed by atoms with E-state index in [2.05, 4.69) is 5.32 Å². The number of Topliss-reactive ketones (excluding diaryl/α,β-unsaturated/α-hetero) is 1. The van der Waals surface area contributed by atoms with Gasteiger partial charge in [-0.1, -0.05) is 18.2 Å². The third-order valence-corrected chi connectivity index (χ3v) is 5.83. The lowest BCUT2D eigenvalue weighted by Crippen LogP contribution is -2.49. The van der Waals surface area contributed by atoms with Gasteiger partial charge in [0.25, 0.3) is 5.56 Å². The summed E-state index contributed by atoms with van der Waals surface area (Å²) in [6.45, 7) is 2.81. The number of carbonyl (C=O) groups is 2. The number of hydrogen-bond acceptors (Lipinski definition) is 6. The molecule has 1 fully saturated rings. The van der Waals surface area contributed by atoms with Gasteiger partial charge in [0.2, 0.25) is 5.91 Å². The van der Waals surface area contributed by atoms with Crippen molar-refractivity contribution in [1.29, 1.82) is 0 Å². The van der Waals surface area contributed by atoms with Gasteiger partial charge in [0, 0.05) is 25.7 Å². The first-order valence-electron chi connectivity index (χ1n) is 9.92. The van der Waals surface area contributed by atoms with Crippen molar-refractivity contribution >= 4 is 23.2 Å². The van der Waals surface area contributed by atoms with E-state index in [-0.39, 0.29) is 23.2 Å². The maximum atomic E-state index is 13.0. The van der Waals surface area contributed by atoms with E-state index >= 15 is 0 Å². The first-order valence-corrected chi connectivity index (χ1v) is 9.92. The number of benzene rings is 1. The number of anilines is 2. The quantitative estimate of drug-likeness (QED) is 0.693. The average Bonchev–Trinajstić information content (AvgIpc) is 2.76. The molecule has 1 amide bonds. The molecule has 9 heteroatoms. The molecule has 1 atom stereocenters. The lowest BCUT2D eigenvalue weighted by Gasteiger charge is -2.34. The van der Waals surface area contributed by atoms with Gasteiger partial charge in [-0.05, 0) is 45.0 Å². The normalized spacial score (nSPS) is 16.2. The third kappa shape index (κ3) is 4.06. The molecule has 3 rings (SSSR count). The molecule has 0 bridgehead atoms. The van der Waals surface area contributed by atoms with Gasteiger partial charge in [0.05, 0.1) is 6.04 Å². The van der Waals surface area contributed by atoms with Crippen LogP contribution in [0.15, 0.2) is 39.9 Å². The fraction of sp³-hybridized carbons (Fsp3) is 0.429. The lowest BCUT2D eigenvalue weighted by atomic mass is 9.93. The molecule has 0 saturated carbocycles. The van der Waals surface area contributed by atoms with Crippen molar-refractivity contribution in [3.05, 3.63) is 56.7 Å². The minimum Gasteiger partial charge on any atom is -0.384 e. The molecule has 0 aliphatic carbocycles. The first-order chi connectivity index (χ1) is 14.2. The molecule has 1 unspecified atom stereocenters. The van der Waals surface area contributed by atoms with Crippen LogP contribution in [-0.2, 0) is 18.9 Å². The van der Waals surface area contributed by atoms with Crippen molar-refractivity contribution < 1.29 is 9.59 Å². The zero-order chi connectivity index (χ0) is 22.0. The molecular weight excluding hydrogens is 386 g/mol. The Kier molecular flexibility index (Phi) is 6.21. The molecule has 160 valence electrons. The van der Waals surface area contributed by atoms with Gasteiger partial charge in [-0.25, -0.2) is 4.79 Å². The smallest absolute Gasteiger partial charge is 0.332 e. The molecule has 30 heavy (non-hydrogen) atoms. The Morgan fingerprint density at radius 2 is 1.67 bits per heavy atom. The predicted octanol–water partition coefficient (Wildman–Crippen LogP) is 0.588. The zero-order valence-corrected chi connectivity index (χ0v) is 17.4. The molecule has 9 nitrogen and oxygen atoms in total. The molecule has 0 radical (unpaired) electrons. The summed E-state index contributed by atoms with van der Waals surface area (Å²) in [5, 5.41) is 2.92. The maximum absolute atomic E-state index is 13.0. The van der Waals surface area contributed by atoms with Crippen molar-refractivity contribution in [2.24, 2.45) is 20.0 Å². The highest BCUT2D eigenvalue weighted by molar-refractivity contribution is 6.03. The highest BCUT2D eigenvalue weighted by Crippen LogP contribution is 2.22. The van der Waals surface area contributed by atoms with E-state index in [0.717, 1.165) is 14.8 Å². The number of nitrogen functional groups attached to an aromatic ring is 1. The van der Waals surface area contributed by atoms with Crippen LogP contribution in [0.4, 0.5) is 11.5 Å². The van der Waals surface area contributed by atoms with E-state index in [9.17, 15) is 19.2 Å². The average molecular weight is 413 g/mol. The zero-order valence-electron chi connectivity index (χ0n) is 17.4. The van der Waals surface area contributed by atoms with Crippen LogP contribution in [0.3, 0.4) is 0 Å². The van der Waals surface area contributed by atoms with Crippen LogP contribution in [0, 0.1) is 5.92 Å². The molecule has 1 aromatic heterocycles. The summed E-state index contributed by atoms with van der Waals surface area (Å²) in [6, 6.07) is 8.70. The van der Waals surface area contributed by atoms with Crippen LogP contribution in [0.2, 0.25) is 0 Å². The van der Waals surface area contributed by atoms with Crippen LogP contribution in [0.1, 0.15) is 30.1 Å². The third-order valence-electron chi connectivity index (χ3n) is 5.83. The number of piperidine rings is 1. The van der Waals surface area contributed by atoms with Crippen LogP contribution in [0.25, 0.3) is 0 Å². The standard InChI is InChI=1S/C21H27N5O4/c1-13(17(27)16-18(22)24(2)21(30)25(3)20(16)29)26-11-9-14(10-12-26)19(28)23-15-7-5-4-6-8-15/h4-8,13-14H,9-12,22H2,1-3H3,(H,23,28). The maximum Gasteiger partial charge on any atom is 0.332 e. The Bertz CT molecular complexity index is 1070. The number of hydrogen-bond donors (Lipinski definition) is 2.